The van der Waals surface area contributed by atoms with Gasteiger partial charge in [0.05, 0.1) is 0 Å². The second kappa shape index (κ2) is 5.26. The SMILES string of the molecule is CC#CCC(NC)C(C)(C)N(C)C. The fraction of sp³-hybridized carbons (Fsp3) is 0.818. The topological polar surface area (TPSA) is 15.3 Å². The smallest absolute Gasteiger partial charge is 0.0353 e. The molecule has 1 N–H and O–H groups in total. The van der Waals surface area contributed by atoms with Crippen molar-refractivity contribution in [3.05, 3.63) is 0 Å². The normalized spacial score (nSPS) is 13.8. The zero-order chi connectivity index (χ0) is 10.5. The summed E-state index contributed by atoms with van der Waals surface area (Å²) < 4.78 is 0. The predicted molar refractivity (Wildman–Crippen MR) is 58.7 cm³/mol. The molecule has 1 atom stereocenters. The van der Waals surface area contributed by atoms with Crippen molar-refractivity contribution in [3.63, 3.8) is 0 Å². The number of hydrogen-bond acceptors (Lipinski definition) is 2. The van der Waals surface area contributed by atoms with E-state index < -0.39 is 0 Å². The van der Waals surface area contributed by atoms with Crippen molar-refractivity contribution in [2.75, 3.05) is 21.1 Å². The molecule has 76 valence electrons. The van der Waals surface area contributed by atoms with Gasteiger partial charge >= 0.3 is 0 Å². The first-order valence-corrected chi connectivity index (χ1v) is 4.71. The largest absolute Gasteiger partial charge is 0.314 e. The van der Waals surface area contributed by atoms with Crippen LogP contribution in [-0.4, -0.2) is 37.6 Å². The van der Waals surface area contributed by atoms with E-state index in [0.717, 1.165) is 6.42 Å². The molecular weight excluding hydrogens is 160 g/mol. The van der Waals surface area contributed by atoms with E-state index >= 15 is 0 Å². The maximum Gasteiger partial charge on any atom is 0.0353 e. The quantitative estimate of drug-likeness (QED) is 0.660. The van der Waals surface area contributed by atoms with Crippen LogP contribution in [0.1, 0.15) is 27.2 Å². The van der Waals surface area contributed by atoms with E-state index in [1.165, 1.54) is 0 Å². The Hall–Kier alpha value is -0.520. The highest BCUT2D eigenvalue weighted by atomic mass is 15.2. The number of nitrogens with zero attached hydrogens (tertiary/aromatic N) is 1. The molecule has 0 aromatic heterocycles. The lowest BCUT2D eigenvalue weighted by atomic mass is 9.91. The molecule has 2 heteroatoms. The molecule has 0 spiro atoms. The standard InChI is InChI=1S/C11H22N2/c1-7-8-9-10(12-4)11(2,3)13(5)6/h10,12H,9H2,1-6H3. The van der Waals surface area contributed by atoms with Gasteiger partial charge in [-0.15, -0.1) is 11.8 Å². The van der Waals surface area contributed by atoms with Crippen LogP contribution in [0.2, 0.25) is 0 Å². The molecule has 0 aliphatic carbocycles. The van der Waals surface area contributed by atoms with Crippen molar-refractivity contribution < 1.29 is 0 Å². The Kier molecular flexibility index (Phi) is 5.05. The first-order valence-electron chi connectivity index (χ1n) is 4.71. The molecule has 0 heterocycles. The number of hydrogen-bond donors (Lipinski definition) is 1. The van der Waals surface area contributed by atoms with Gasteiger partial charge in [0.25, 0.3) is 0 Å². The Labute approximate surface area is 82.7 Å². The predicted octanol–water partition coefficient (Wildman–Crippen LogP) is 1.33. The summed E-state index contributed by atoms with van der Waals surface area (Å²) in [5.41, 5.74) is 0.138. The van der Waals surface area contributed by atoms with Crippen LogP contribution in [-0.2, 0) is 0 Å². The summed E-state index contributed by atoms with van der Waals surface area (Å²) in [6.07, 6.45) is 0.901. The first kappa shape index (κ1) is 12.5. The Bertz CT molecular complexity index is 196. The van der Waals surface area contributed by atoms with Gasteiger partial charge in [-0.05, 0) is 41.9 Å². The number of rotatable bonds is 4. The van der Waals surface area contributed by atoms with Crippen LogP contribution in [0.5, 0.6) is 0 Å². The highest BCUT2D eigenvalue weighted by molar-refractivity contribution is 5.03. The Balaban J connectivity index is 4.42. The summed E-state index contributed by atoms with van der Waals surface area (Å²) in [6.45, 7) is 6.34. The molecule has 0 aromatic carbocycles. The van der Waals surface area contributed by atoms with E-state index in [4.69, 9.17) is 0 Å². The van der Waals surface area contributed by atoms with Gasteiger partial charge in [0, 0.05) is 18.0 Å². The van der Waals surface area contributed by atoms with Crippen LogP contribution in [0.25, 0.3) is 0 Å². The Morgan fingerprint density at radius 2 is 1.92 bits per heavy atom. The van der Waals surface area contributed by atoms with Crippen molar-refractivity contribution in [3.8, 4) is 11.8 Å². The fourth-order valence-corrected chi connectivity index (χ4v) is 1.22. The lowest BCUT2D eigenvalue weighted by molar-refractivity contribution is 0.144. The molecule has 0 aliphatic heterocycles. The van der Waals surface area contributed by atoms with Gasteiger partial charge < -0.3 is 10.2 Å². The highest BCUT2D eigenvalue weighted by Gasteiger charge is 2.29. The van der Waals surface area contributed by atoms with Crippen molar-refractivity contribution in [2.24, 2.45) is 0 Å². The summed E-state index contributed by atoms with van der Waals surface area (Å²) in [4.78, 5) is 2.23. The maximum atomic E-state index is 3.31. The third-order valence-electron chi connectivity index (χ3n) is 2.84. The monoisotopic (exact) mass is 182 g/mol. The van der Waals surface area contributed by atoms with E-state index in [2.05, 4.69) is 50.0 Å². The van der Waals surface area contributed by atoms with Crippen LogP contribution < -0.4 is 5.32 Å². The molecule has 0 radical (unpaired) electrons. The molecule has 0 bridgehead atoms. The summed E-state index contributed by atoms with van der Waals surface area (Å²) >= 11 is 0. The van der Waals surface area contributed by atoms with Gasteiger partial charge in [0.2, 0.25) is 0 Å². The third kappa shape index (κ3) is 3.38. The van der Waals surface area contributed by atoms with Gasteiger partial charge in [-0.25, -0.2) is 0 Å². The minimum absolute atomic E-state index is 0.138. The number of nitrogens with one attached hydrogen (secondary N) is 1. The van der Waals surface area contributed by atoms with E-state index in [9.17, 15) is 0 Å². The lowest BCUT2D eigenvalue weighted by Crippen LogP contribution is -2.54. The molecule has 0 aliphatic rings. The van der Waals surface area contributed by atoms with Crippen molar-refractivity contribution in [2.45, 2.75) is 38.8 Å². The average molecular weight is 182 g/mol. The van der Waals surface area contributed by atoms with Crippen molar-refractivity contribution in [1.82, 2.24) is 10.2 Å². The molecular formula is C11H22N2. The van der Waals surface area contributed by atoms with Crippen molar-refractivity contribution >= 4 is 0 Å². The summed E-state index contributed by atoms with van der Waals surface area (Å²) in [7, 11) is 6.20. The van der Waals surface area contributed by atoms with Crippen LogP contribution in [0.15, 0.2) is 0 Å². The second-order valence-corrected chi connectivity index (χ2v) is 4.02. The van der Waals surface area contributed by atoms with E-state index in [-0.39, 0.29) is 5.54 Å². The molecule has 0 fully saturated rings. The van der Waals surface area contributed by atoms with Crippen LogP contribution >= 0.6 is 0 Å². The summed E-state index contributed by atoms with van der Waals surface area (Å²) in [5.74, 6) is 6.06. The minimum atomic E-state index is 0.138. The number of likely N-dealkylation sites (N-methyl/N-ethyl adjacent to an activating group) is 2. The molecule has 1 unspecified atom stereocenters. The van der Waals surface area contributed by atoms with Gasteiger partial charge in [-0.2, -0.15) is 0 Å². The van der Waals surface area contributed by atoms with Crippen LogP contribution in [0.4, 0.5) is 0 Å². The molecule has 0 saturated heterocycles. The van der Waals surface area contributed by atoms with Crippen LogP contribution in [0, 0.1) is 11.8 Å². The van der Waals surface area contributed by atoms with E-state index in [1.54, 1.807) is 0 Å². The minimum Gasteiger partial charge on any atom is -0.314 e. The Morgan fingerprint density at radius 1 is 1.38 bits per heavy atom. The van der Waals surface area contributed by atoms with Crippen LogP contribution in [0.3, 0.4) is 0 Å². The molecule has 2 nitrogen and oxygen atoms in total. The van der Waals surface area contributed by atoms with Crippen molar-refractivity contribution in [1.29, 1.82) is 0 Å². The Morgan fingerprint density at radius 3 is 2.23 bits per heavy atom. The van der Waals surface area contributed by atoms with Gasteiger partial charge in [0.1, 0.15) is 0 Å². The van der Waals surface area contributed by atoms with E-state index in [1.807, 2.05) is 14.0 Å². The summed E-state index contributed by atoms with van der Waals surface area (Å²) in [6, 6.07) is 0.412. The molecule has 13 heavy (non-hydrogen) atoms. The molecule has 0 rings (SSSR count). The second-order valence-electron chi connectivity index (χ2n) is 4.02. The third-order valence-corrected chi connectivity index (χ3v) is 2.84. The zero-order valence-electron chi connectivity index (χ0n) is 9.73. The highest BCUT2D eigenvalue weighted by Crippen LogP contribution is 2.17. The van der Waals surface area contributed by atoms with Gasteiger partial charge in [-0.3, -0.25) is 0 Å². The molecule has 0 saturated carbocycles. The lowest BCUT2D eigenvalue weighted by Gasteiger charge is -2.39. The molecule has 0 amide bonds. The zero-order valence-corrected chi connectivity index (χ0v) is 9.73. The van der Waals surface area contributed by atoms with Gasteiger partial charge in [0.15, 0.2) is 0 Å². The van der Waals surface area contributed by atoms with Gasteiger partial charge in [-0.1, -0.05) is 0 Å². The average Bonchev–Trinajstić information content (AvgIpc) is 2.05. The fourth-order valence-electron chi connectivity index (χ4n) is 1.22. The van der Waals surface area contributed by atoms with E-state index in [0.29, 0.717) is 6.04 Å². The summed E-state index contributed by atoms with van der Waals surface area (Å²) in [5, 5.41) is 3.31. The molecule has 0 aromatic rings. The first-order chi connectivity index (χ1) is 5.96. The maximum absolute atomic E-state index is 3.31.